The van der Waals surface area contributed by atoms with Gasteiger partial charge in [-0.2, -0.15) is 5.10 Å². The van der Waals surface area contributed by atoms with Crippen LogP contribution in [0.2, 0.25) is 0 Å². The zero-order valence-electron chi connectivity index (χ0n) is 10.2. The highest BCUT2D eigenvalue weighted by Crippen LogP contribution is 2.21. The predicted octanol–water partition coefficient (Wildman–Crippen LogP) is 1.59. The van der Waals surface area contributed by atoms with Gasteiger partial charge in [0, 0.05) is 12.7 Å². The molecule has 0 fully saturated rings. The summed E-state index contributed by atoms with van der Waals surface area (Å²) < 4.78 is 10.4. The van der Waals surface area contributed by atoms with E-state index in [1.165, 1.54) is 0 Å². The first-order valence-electron chi connectivity index (χ1n) is 5.71. The number of ether oxygens (including phenoxy) is 2. The van der Waals surface area contributed by atoms with Crippen molar-refractivity contribution in [1.82, 2.24) is 10.2 Å². The number of hydrogen-bond donors (Lipinski definition) is 2. The largest absolute Gasteiger partial charge is 0.491 e. The lowest BCUT2D eigenvalue weighted by Gasteiger charge is -2.05. The van der Waals surface area contributed by atoms with Crippen molar-refractivity contribution in [2.24, 2.45) is 0 Å². The number of nitrogens with one attached hydrogen (secondary N) is 1. The van der Waals surface area contributed by atoms with E-state index in [0.29, 0.717) is 18.9 Å². The molecule has 1 aromatic carbocycles. The third kappa shape index (κ3) is 3.09. The number of rotatable bonds is 6. The van der Waals surface area contributed by atoms with Gasteiger partial charge in [0.25, 0.3) is 0 Å². The second-order valence-electron chi connectivity index (χ2n) is 3.80. The van der Waals surface area contributed by atoms with E-state index in [1.54, 1.807) is 7.11 Å². The van der Waals surface area contributed by atoms with Crippen LogP contribution in [0, 0.1) is 0 Å². The van der Waals surface area contributed by atoms with Gasteiger partial charge < -0.3 is 14.6 Å². The molecule has 5 nitrogen and oxygen atoms in total. The number of aliphatic hydroxyl groups is 1. The Morgan fingerprint density at radius 2 is 2.00 bits per heavy atom. The summed E-state index contributed by atoms with van der Waals surface area (Å²) in [5.41, 5.74) is 2.48. The molecule has 0 radical (unpaired) electrons. The van der Waals surface area contributed by atoms with E-state index in [-0.39, 0.29) is 6.61 Å². The molecule has 0 bridgehead atoms. The molecule has 2 aromatic rings. The molecule has 0 amide bonds. The standard InChI is InChI=1S/C13H16N2O3/c1-17-6-7-18-12-4-2-10(3-5-12)13-8-11(9-16)14-15-13/h2-5,8,16H,6-7,9H2,1H3,(H,14,15). The number of hydrogen-bond acceptors (Lipinski definition) is 4. The van der Waals surface area contributed by atoms with Gasteiger partial charge in [-0.1, -0.05) is 0 Å². The van der Waals surface area contributed by atoms with Crippen LogP contribution in [0.25, 0.3) is 11.3 Å². The minimum atomic E-state index is -0.0365. The number of aliphatic hydroxyl groups excluding tert-OH is 1. The van der Waals surface area contributed by atoms with Crippen LogP contribution in [0.15, 0.2) is 30.3 Å². The zero-order chi connectivity index (χ0) is 12.8. The Morgan fingerprint density at radius 3 is 2.61 bits per heavy atom. The first-order chi connectivity index (χ1) is 8.83. The lowest BCUT2D eigenvalue weighted by Crippen LogP contribution is -2.03. The summed E-state index contributed by atoms with van der Waals surface area (Å²) in [5, 5.41) is 15.8. The minimum Gasteiger partial charge on any atom is -0.491 e. The SMILES string of the molecule is COCCOc1ccc(-c2cc(CO)[nH]n2)cc1. The van der Waals surface area contributed by atoms with Crippen LogP contribution in [0.5, 0.6) is 5.75 Å². The molecule has 0 aliphatic carbocycles. The fraction of sp³-hybridized carbons (Fsp3) is 0.308. The van der Waals surface area contributed by atoms with Gasteiger partial charge in [-0.05, 0) is 30.3 Å². The normalized spacial score (nSPS) is 10.6. The molecule has 0 unspecified atom stereocenters. The van der Waals surface area contributed by atoms with E-state index >= 15 is 0 Å². The first kappa shape index (κ1) is 12.6. The number of nitrogens with zero attached hydrogens (tertiary/aromatic N) is 1. The lowest BCUT2D eigenvalue weighted by atomic mass is 10.1. The molecule has 2 rings (SSSR count). The fourth-order valence-electron chi connectivity index (χ4n) is 1.56. The summed E-state index contributed by atoms with van der Waals surface area (Å²) in [6.07, 6.45) is 0. The van der Waals surface area contributed by atoms with E-state index in [1.807, 2.05) is 30.3 Å². The van der Waals surface area contributed by atoms with E-state index in [9.17, 15) is 0 Å². The van der Waals surface area contributed by atoms with Crippen LogP contribution in [-0.4, -0.2) is 35.6 Å². The van der Waals surface area contributed by atoms with E-state index in [0.717, 1.165) is 17.0 Å². The molecule has 0 aliphatic heterocycles. The highest BCUT2D eigenvalue weighted by molar-refractivity contribution is 5.60. The average molecular weight is 248 g/mol. The number of aromatic nitrogens is 2. The Hall–Kier alpha value is -1.85. The van der Waals surface area contributed by atoms with Gasteiger partial charge in [0.05, 0.1) is 24.6 Å². The lowest BCUT2D eigenvalue weighted by molar-refractivity contribution is 0.146. The van der Waals surface area contributed by atoms with Crippen LogP contribution in [0.3, 0.4) is 0 Å². The van der Waals surface area contributed by atoms with Crippen LogP contribution in [0.4, 0.5) is 0 Å². The van der Waals surface area contributed by atoms with Crippen LogP contribution in [0.1, 0.15) is 5.69 Å². The highest BCUT2D eigenvalue weighted by Gasteiger charge is 2.03. The van der Waals surface area contributed by atoms with Crippen LogP contribution < -0.4 is 4.74 Å². The Bertz CT molecular complexity index is 479. The van der Waals surface area contributed by atoms with Crippen molar-refractivity contribution in [2.75, 3.05) is 20.3 Å². The van der Waals surface area contributed by atoms with Gasteiger partial charge in [0.15, 0.2) is 0 Å². The number of benzene rings is 1. The molecule has 18 heavy (non-hydrogen) atoms. The summed E-state index contributed by atoms with van der Waals surface area (Å²) in [5.74, 6) is 0.800. The molecule has 5 heteroatoms. The number of aromatic amines is 1. The van der Waals surface area contributed by atoms with E-state index in [2.05, 4.69) is 10.2 Å². The predicted molar refractivity (Wildman–Crippen MR) is 67.3 cm³/mol. The van der Waals surface area contributed by atoms with Crippen molar-refractivity contribution in [1.29, 1.82) is 0 Å². The van der Waals surface area contributed by atoms with Crippen molar-refractivity contribution in [3.8, 4) is 17.0 Å². The third-order valence-corrected chi connectivity index (χ3v) is 2.51. The van der Waals surface area contributed by atoms with Crippen molar-refractivity contribution in [3.05, 3.63) is 36.0 Å². The Morgan fingerprint density at radius 1 is 1.22 bits per heavy atom. The Kier molecular flexibility index (Phi) is 4.33. The molecular formula is C13H16N2O3. The second-order valence-corrected chi connectivity index (χ2v) is 3.80. The quantitative estimate of drug-likeness (QED) is 0.762. The summed E-state index contributed by atoms with van der Waals surface area (Å²) in [6, 6.07) is 9.45. The fourth-order valence-corrected chi connectivity index (χ4v) is 1.56. The first-order valence-corrected chi connectivity index (χ1v) is 5.71. The van der Waals surface area contributed by atoms with Gasteiger partial charge in [0.2, 0.25) is 0 Å². The van der Waals surface area contributed by atoms with Gasteiger partial charge in [-0.25, -0.2) is 0 Å². The molecule has 1 aromatic heterocycles. The molecule has 96 valence electrons. The number of H-pyrrole nitrogens is 1. The summed E-state index contributed by atoms with van der Waals surface area (Å²) >= 11 is 0. The molecule has 0 atom stereocenters. The van der Waals surface area contributed by atoms with Crippen LogP contribution >= 0.6 is 0 Å². The second kappa shape index (κ2) is 6.18. The summed E-state index contributed by atoms with van der Waals surface area (Å²) in [6.45, 7) is 1.07. The molecule has 0 spiro atoms. The van der Waals surface area contributed by atoms with Gasteiger partial charge >= 0.3 is 0 Å². The Balaban J connectivity index is 2.02. The maximum atomic E-state index is 8.96. The minimum absolute atomic E-state index is 0.0365. The Labute approximate surface area is 105 Å². The number of methoxy groups -OCH3 is 1. The zero-order valence-corrected chi connectivity index (χ0v) is 10.2. The van der Waals surface area contributed by atoms with Crippen molar-refractivity contribution < 1.29 is 14.6 Å². The van der Waals surface area contributed by atoms with Gasteiger partial charge in [-0.3, -0.25) is 5.10 Å². The van der Waals surface area contributed by atoms with Gasteiger partial charge in [0.1, 0.15) is 12.4 Å². The van der Waals surface area contributed by atoms with Crippen LogP contribution in [-0.2, 0) is 11.3 Å². The third-order valence-electron chi connectivity index (χ3n) is 2.51. The van der Waals surface area contributed by atoms with E-state index in [4.69, 9.17) is 14.6 Å². The molecule has 1 heterocycles. The van der Waals surface area contributed by atoms with Crippen molar-refractivity contribution >= 4 is 0 Å². The highest BCUT2D eigenvalue weighted by atomic mass is 16.5. The summed E-state index contributed by atoms with van der Waals surface area (Å²) in [4.78, 5) is 0. The monoisotopic (exact) mass is 248 g/mol. The molecule has 0 saturated carbocycles. The smallest absolute Gasteiger partial charge is 0.119 e. The molecule has 0 aliphatic rings. The summed E-state index contributed by atoms with van der Waals surface area (Å²) in [7, 11) is 1.64. The molecule has 2 N–H and O–H groups in total. The topological polar surface area (TPSA) is 67.4 Å². The van der Waals surface area contributed by atoms with E-state index < -0.39 is 0 Å². The van der Waals surface area contributed by atoms with Gasteiger partial charge in [-0.15, -0.1) is 0 Å². The van der Waals surface area contributed by atoms with Crippen molar-refractivity contribution in [3.63, 3.8) is 0 Å². The average Bonchev–Trinajstić information content (AvgIpc) is 2.89. The maximum absolute atomic E-state index is 8.96. The molecular weight excluding hydrogens is 232 g/mol. The maximum Gasteiger partial charge on any atom is 0.119 e. The van der Waals surface area contributed by atoms with Crippen molar-refractivity contribution in [2.45, 2.75) is 6.61 Å². The molecule has 0 saturated heterocycles.